The topological polar surface area (TPSA) is 30.5 Å². The number of nitrogens with one attached hydrogen (secondary N) is 1. The van der Waals surface area contributed by atoms with Crippen LogP contribution in [0.25, 0.3) is 0 Å². The molecule has 3 nitrogen and oxygen atoms in total. The second-order valence-corrected chi connectivity index (χ2v) is 5.89. The number of rotatable bonds is 7. The largest absolute Gasteiger partial charge is 0.490 e. The van der Waals surface area contributed by atoms with E-state index in [0.29, 0.717) is 12.0 Å². The molecule has 0 fully saturated rings. The summed E-state index contributed by atoms with van der Waals surface area (Å²) in [4.78, 5) is 0. The van der Waals surface area contributed by atoms with E-state index < -0.39 is 0 Å². The van der Waals surface area contributed by atoms with E-state index >= 15 is 0 Å². The fraction of sp³-hybridized carbons (Fsp3) is 0.667. The highest BCUT2D eigenvalue weighted by atomic mass is 16.5. The molecular formula is C18H29NO2. The van der Waals surface area contributed by atoms with Crippen LogP contribution in [0.3, 0.4) is 0 Å². The molecule has 2 unspecified atom stereocenters. The van der Waals surface area contributed by atoms with Gasteiger partial charge in [0.25, 0.3) is 0 Å². The zero-order valence-corrected chi connectivity index (χ0v) is 13.9. The summed E-state index contributed by atoms with van der Waals surface area (Å²) in [6, 6.07) is 4.84. The first kappa shape index (κ1) is 16.2. The summed E-state index contributed by atoms with van der Waals surface area (Å²) < 4.78 is 11.8. The SMILES string of the molecule is CCCOc1cc2c(cc1OCCC)C(CC)NCC2C. The molecule has 0 bridgehead atoms. The first-order valence-electron chi connectivity index (χ1n) is 8.38. The van der Waals surface area contributed by atoms with Gasteiger partial charge in [-0.15, -0.1) is 0 Å². The van der Waals surface area contributed by atoms with Crippen molar-refractivity contribution in [3.05, 3.63) is 23.3 Å². The van der Waals surface area contributed by atoms with E-state index in [1.807, 2.05) is 0 Å². The summed E-state index contributed by atoms with van der Waals surface area (Å²) in [5.74, 6) is 2.33. The molecule has 3 heteroatoms. The Morgan fingerprint density at radius 3 is 2.10 bits per heavy atom. The highest BCUT2D eigenvalue weighted by Gasteiger charge is 2.25. The van der Waals surface area contributed by atoms with Crippen molar-refractivity contribution in [3.63, 3.8) is 0 Å². The van der Waals surface area contributed by atoms with Crippen LogP contribution in [0.15, 0.2) is 12.1 Å². The lowest BCUT2D eigenvalue weighted by Crippen LogP contribution is -2.31. The molecule has 0 aromatic heterocycles. The number of ether oxygens (including phenoxy) is 2. The molecule has 0 saturated heterocycles. The highest BCUT2D eigenvalue weighted by molar-refractivity contribution is 5.50. The second kappa shape index (κ2) is 7.69. The van der Waals surface area contributed by atoms with Crippen molar-refractivity contribution in [2.75, 3.05) is 19.8 Å². The lowest BCUT2D eigenvalue weighted by atomic mass is 9.86. The third kappa shape index (κ3) is 3.70. The predicted molar refractivity (Wildman–Crippen MR) is 87.5 cm³/mol. The van der Waals surface area contributed by atoms with Gasteiger partial charge in [-0.25, -0.2) is 0 Å². The van der Waals surface area contributed by atoms with Crippen molar-refractivity contribution in [1.82, 2.24) is 5.32 Å². The average molecular weight is 291 g/mol. The van der Waals surface area contributed by atoms with Gasteiger partial charge in [-0.3, -0.25) is 0 Å². The van der Waals surface area contributed by atoms with E-state index in [0.717, 1.165) is 50.5 Å². The van der Waals surface area contributed by atoms with Crippen LogP contribution in [0.5, 0.6) is 11.5 Å². The van der Waals surface area contributed by atoms with Gasteiger partial charge in [-0.05, 0) is 48.4 Å². The van der Waals surface area contributed by atoms with Crippen LogP contribution < -0.4 is 14.8 Å². The number of hydrogen-bond donors (Lipinski definition) is 1. The summed E-state index contributed by atoms with van der Waals surface area (Å²) in [7, 11) is 0. The minimum Gasteiger partial charge on any atom is -0.490 e. The Morgan fingerprint density at radius 1 is 1.00 bits per heavy atom. The van der Waals surface area contributed by atoms with Crippen molar-refractivity contribution in [1.29, 1.82) is 0 Å². The van der Waals surface area contributed by atoms with Crippen LogP contribution >= 0.6 is 0 Å². The molecule has 1 heterocycles. The van der Waals surface area contributed by atoms with Gasteiger partial charge in [-0.2, -0.15) is 0 Å². The zero-order chi connectivity index (χ0) is 15.2. The van der Waals surface area contributed by atoms with Crippen molar-refractivity contribution in [2.45, 2.75) is 58.9 Å². The van der Waals surface area contributed by atoms with Gasteiger partial charge in [0.15, 0.2) is 11.5 Å². The Balaban J connectivity index is 2.37. The van der Waals surface area contributed by atoms with Crippen LogP contribution in [0.2, 0.25) is 0 Å². The number of hydrogen-bond acceptors (Lipinski definition) is 3. The quantitative estimate of drug-likeness (QED) is 0.806. The van der Waals surface area contributed by atoms with Gasteiger partial charge < -0.3 is 14.8 Å². The van der Waals surface area contributed by atoms with Crippen molar-refractivity contribution in [2.24, 2.45) is 0 Å². The molecule has 0 spiro atoms. The molecule has 0 aliphatic carbocycles. The Labute approximate surface area is 129 Å². The van der Waals surface area contributed by atoms with Crippen LogP contribution in [0.1, 0.15) is 70.0 Å². The summed E-state index contributed by atoms with van der Waals surface area (Å²) in [6.45, 7) is 11.3. The third-order valence-corrected chi connectivity index (χ3v) is 4.06. The molecule has 1 N–H and O–H groups in total. The lowest BCUT2D eigenvalue weighted by Gasteiger charge is -2.31. The smallest absolute Gasteiger partial charge is 0.161 e. The summed E-state index contributed by atoms with van der Waals surface area (Å²) in [6.07, 6.45) is 3.12. The molecule has 1 aliphatic heterocycles. The Kier molecular flexibility index (Phi) is 5.92. The van der Waals surface area contributed by atoms with E-state index in [4.69, 9.17) is 9.47 Å². The molecule has 2 rings (SSSR count). The maximum Gasteiger partial charge on any atom is 0.161 e. The lowest BCUT2D eigenvalue weighted by molar-refractivity contribution is 0.266. The fourth-order valence-corrected chi connectivity index (χ4v) is 2.87. The molecule has 0 saturated carbocycles. The minimum absolute atomic E-state index is 0.431. The Bertz CT molecular complexity index is 459. The minimum atomic E-state index is 0.431. The van der Waals surface area contributed by atoms with Gasteiger partial charge >= 0.3 is 0 Å². The Morgan fingerprint density at radius 2 is 1.57 bits per heavy atom. The number of benzene rings is 1. The van der Waals surface area contributed by atoms with Crippen LogP contribution in [-0.4, -0.2) is 19.8 Å². The zero-order valence-electron chi connectivity index (χ0n) is 13.9. The predicted octanol–water partition coefficient (Wildman–Crippen LogP) is 4.42. The maximum atomic E-state index is 5.92. The van der Waals surface area contributed by atoms with Crippen LogP contribution in [0, 0.1) is 0 Å². The molecule has 0 amide bonds. The molecule has 1 aliphatic rings. The van der Waals surface area contributed by atoms with E-state index in [2.05, 4.69) is 45.1 Å². The van der Waals surface area contributed by atoms with E-state index in [-0.39, 0.29) is 0 Å². The molecule has 0 radical (unpaired) electrons. The van der Waals surface area contributed by atoms with Crippen LogP contribution in [0.4, 0.5) is 0 Å². The first-order valence-corrected chi connectivity index (χ1v) is 8.38. The summed E-state index contributed by atoms with van der Waals surface area (Å²) >= 11 is 0. The van der Waals surface area contributed by atoms with Gasteiger partial charge in [0.05, 0.1) is 13.2 Å². The standard InChI is InChI=1S/C18H29NO2/c1-5-8-20-17-10-14-13(4)12-19-16(7-3)15(14)11-18(17)21-9-6-2/h10-11,13,16,19H,5-9,12H2,1-4H3. The summed E-state index contributed by atoms with van der Waals surface area (Å²) in [5, 5.41) is 3.62. The van der Waals surface area contributed by atoms with Crippen molar-refractivity contribution in [3.8, 4) is 11.5 Å². The van der Waals surface area contributed by atoms with Crippen molar-refractivity contribution < 1.29 is 9.47 Å². The van der Waals surface area contributed by atoms with Crippen molar-refractivity contribution >= 4 is 0 Å². The van der Waals surface area contributed by atoms with Gasteiger partial charge in [0.2, 0.25) is 0 Å². The monoisotopic (exact) mass is 291 g/mol. The Hall–Kier alpha value is -1.22. The van der Waals surface area contributed by atoms with E-state index in [1.54, 1.807) is 0 Å². The molecule has 21 heavy (non-hydrogen) atoms. The van der Waals surface area contributed by atoms with E-state index in [9.17, 15) is 0 Å². The van der Waals surface area contributed by atoms with Gasteiger partial charge in [-0.1, -0.05) is 27.7 Å². The highest BCUT2D eigenvalue weighted by Crippen LogP contribution is 2.40. The normalized spacial score (nSPS) is 21.0. The first-order chi connectivity index (χ1) is 10.2. The van der Waals surface area contributed by atoms with Gasteiger partial charge in [0, 0.05) is 12.6 Å². The van der Waals surface area contributed by atoms with Crippen LogP contribution in [-0.2, 0) is 0 Å². The fourth-order valence-electron chi connectivity index (χ4n) is 2.87. The second-order valence-electron chi connectivity index (χ2n) is 5.89. The average Bonchev–Trinajstić information content (AvgIpc) is 2.51. The van der Waals surface area contributed by atoms with Gasteiger partial charge in [0.1, 0.15) is 0 Å². The third-order valence-electron chi connectivity index (χ3n) is 4.06. The number of fused-ring (bicyclic) bond motifs is 1. The van der Waals surface area contributed by atoms with E-state index in [1.165, 1.54) is 11.1 Å². The molecule has 1 aromatic carbocycles. The molecule has 1 aromatic rings. The molecular weight excluding hydrogens is 262 g/mol. The maximum absolute atomic E-state index is 5.92. The molecule has 118 valence electrons. The molecule has 2 atom stereocenters. The summed E-state index contributed by atoms with van der Waals surface area (Å²) in [5.41, 5.74) is 2.79.